The van der Waals surface area contributed by atoms with Crippen LogP contribution in [0, 0.1) is 0 Å². The van der Waals surface area contributed by atoms with Crippen molar-refractivity contribution < 1.29 is 9.53 Å². The lowest BCUT2D eigenvalue weighted by molar-refractivity contribution is 0.000769. The van der Waals surface area contributed by atoms with Gasteiger partial charge in [0.25, 0.3) is 0 Å². The first-order chi connectivity index (χ1) is 9.76. The third-order valence-electron chi connectivity index (χ3n) is 4.41. The van der Waals surface area contributed by atoms with Crippen molar-refractivity contribution in [3.8, 4) is 0 Å². The molecule has 116 valence electrons. The molecule has 1 aromatic carbocycles. The fraction of sp³-hybridized carbons (Fsp3) is 0.562. The average Bonchev–Trinajstić information content (AvgIpc) is 2.84. The van der Waals surface area contributed by atoms with Crippen molar-refractivity contribution in [2.24, 2.45) is 0 Å². The van der Waals surface area contributed by atoms with Gasteiger partial charge in [0.15, 0.2) is 0 Å². The third-order valence-corrected chi connectivity index (χ3v) is 4.41. The summed E-state index contributed by atoms with van der Waals surface area (Å²) < 4.78 is 5.44. The summed E-state index contributed by atoms with van der Waals surface area (Å²) in [4.78, 5) is 13.7. The van der Waals surface area contributed by atoms with Crippen molar-refractivity contribution in [2.75, 3.05) is 26.2 Å². The maximum Gasteiger partial charge on any atom is 0.407 e. The molecule has 1 N–H and O–H groups in total. The number of hydrogen-bond acceptors (Lipinski definition) is 3. The normalized spacial score (nSPS) is 20.7. The first-order valence-corrected chi connectivity index (χ1v) is 7.49. The first kappa shape index (κ1) is 16.1. The SMILES string of the molecule is Cl.O=C1NCC2(CCN(CCCc3ccccc3)CC2)O1. The molecule has 0 saturated carbocycles. The Morgan fingerprint density at radius 3 is 2.52 bits per heavy atom. The predicted octanol–water partition coefficient (Wildman–Crippen LogP) is 2.62. The summed E-state index contributed by atoms with van der Waals surface area (Å²) >= 11 is 0. The topological polar surface area (TPSA) is 41.6 Å². The lowest BCUT2D eigenvalue weighted by atomic mass is 9.91. The van der Waals surface area contributed by atoms with Crippen LogP contribution in [0.3, 0.4) is 0 Å². The Morgan fingerprint density at radius 1 is 1.19 bits per heavy atom. The molecule has 2 saturated heterocycles. The highest BCUT2D eigenvalue weighted by Gasteiger charge is 2.42. The molecular weight excluding hydrogens is 288 g/mol. The molecule has 2 aliphatic rings. The van der Waals surface area contributed by atoms with Crippen molar-refractivity contribution in [1.82, 2.24) is 10.2 Å². The van der Waals surface area contributed by atoms with E-state index in [0.717, 1.165) is 38.9 Å². The molecule has 1 spiro atoms. The molecule has 2 heterocycles. The molecule has 0 unspecified atom stereocenters. The van der Waals surface area contributed by atoms with Gasteiger partial charge in [-0.15, -0.1) is 12.4 Å². The minimum absolute atomic E-state index is 0. The molecule has 0 radical (unpaired) electrons. The lowest BCUT2D eigenvalue weighted by Gasteiger charge is -2.37. The van der Waals surface area contributed by atoms with Crippen molar-refractivity contribution in [2.45, 2.75) is 31.3 Å². The predicted molar refractivity (Wildman–Crippen MR) is 84.9 cm³/mol. The van der Waals surface area contributed by atoms with E-state index in [1.165, 1.54) is 12.0 Å². The number of nitrogens with zero attached hydrogens (tertiary/aromatic N) is 1. The lowest BCUT2D eigenvalue weighted by Crippen LogP contribution is -2.46. The zero-order chi connectivity index (χ0) is 13.8. The van der Waals surface area contributed by atoms with Crippen molar-refractivity contribution in [3.05, 3.63) is 35.9 Å². The Bertz CT molecular complexity index is 459. The van der Waals surface area contributed by atoms with Gasteiger partial charge in [0.1, 0.15) is 5.60 Å². The van der Waals surface area contributed by atoms with Gasteiger partial charge in [-0.3, -0.25) is 0 Å². The zero-order valence-corrected chi connectivity index (χ0v) is 13.0. The zero-order valence-electron chi connectivity index (χ0n) is 12.2. The molecule has 2 aliphatic heterocycles. The van der Waals surface area contributed by atoms with E-state index >= 15 is 0 Å². The number of piperidine rings is 1. The minimum Gasteiger partial charge on any atom is -0.441 e. The maximum atomic E-state index is 11.2. The summed E-state index contributed by atoms with van der Waals surface area (Å²) in [6, 6.07) is 10.6. The van der Waals surface area contributed by atoms with Crippen LogP contribution in [0.15, 0.2) is 30.3 Å². The Hall–Kier alpha value is -1.26. The van der Waals surface area contributed by atoms with Gasteiger partial charge in [0, 0.05) is 25.9 Å². The summed E-state index contributed by atoms with van der Waals surface area (Å²) in [6.45, 7) is 3.88. The van der Waals surface area contributed by atoms with Crippen LogP contribution in [-0.2, 0) is 11.2 Å². The number of rotatable bonds is 4. The molecule has 1 aromatic rings. The van der Waals surface area contributed by atoms with E-state index in [2.05, 4.69) is 40.5 Å². The molecule has 3 rings (SSSR count). The second-order valence-corrected chi connectivity index (χ2v) is 5.86. The average molecular weight is 311 g/mol. The van der Waals surface area contributed by atoms with Crippen LogP contribution >= 0.6 is 12.4 Å². The molecule has 4 nitrogen and oxygen atoms in total. The van der Waals surface area contributed by atoms with Gasteiger partial charge in [-0.1, -0.05) is 30.3 Å². The second-order valence-electron chi connectivity index (χ2n) is 5.86. The standard InChI is InChI=1S/C16H22N2O2.ClH/c19-15-17-13-16(20-15)8-11-18(12-9-16)10-4-7-14-5-2-1-3-6-14;/h1-3,5-6H,4,7-13H2,(H,17,19);1H. The Balaban J connectivity index is 0.00000161. The van der Waals surface area contributed by atoms with Crippen molar-refractivity contribution in [1.29, 1.82) is 0 Å². The number of aryl methyl sites for hydroxylation is 1. The number of alkyl carbamates (subject to hydrolysis) is 1. The number of ether oxygens (including phenoxy) is 1. The van der Waals surface area contributed by atoms with Crippen LogP contribution in [0.25, 0.3) is 0 Å². The highest BCUT2D eigenvalue weighted by atomic mass is 35.5. The first-order valence-electron chi connectivity index (χ1n) is 7.49. The van der Waals surface area contributed by atoms with Crippen LogP contribution in [0.1, 0.15) is 24.8 Å². The van der Waals surface area contributed by atoms with E-state index < -0.39 is 0 Å². The largest absolute Gasteiger partial charge is 0.441 e. The molecular formula is C16H23ClN2O2. The monoisotopic (exact) mass is 310 g/mol. The van der Waals surface area contributed by atoms with E-state index in [9.17, 15) is 4.79 Å². The number of carbonyl (C=O) groups is 1. The third kappa shape index (κ3) is 4.11. The minimum atomic E-state index is -0.248. The molecule has 0 atom stereocenters. The summed E-state index contributed by atoms with van der Waals surface area (Å²) in [7, 11) is 0. The number of nitrogens with one attached hydrogen (secondary N) is 1. The van der Waals surface area contributed by atoms with Gasteiger partial charge < -0.3 is 15.0 Å². The van der Waals surface area contributed by atoms with Gasteiger partial charge in [0.2, 0.25) is 0 Å². The fourth-order valence-corrected chi connectivity index (χ4v) is 3.12. The van der Waals surface area contributed by atoms with Crippen LogP contribution < -0.4 is 5.32 Å². The Labute approximate surface area is 132 Å². The van der Waals surface area contributed by atoms with Gasteiger partial charge in [-0.25, -0.2) is 4.79 Å². The number of carbonyl (C=O) groups excluding carboxylic acids is 1. The molecule has 5 heteroatoms. The summed E-state index contributed by atoms with van der Waals surface area (Å²) in [5.74, 6) is 0. The number of amides is 1. The number of halogens is 1. The van der Waals surface area contributed by atoms with E-state index in [0.29, 0.717) is 6.54 Å². The molecule has 1 amide bonds. The fourth-order valence-electron chi connectivity index (χ4n) is 3.12. The van der Waals surface area contributed by atoms with Gasteiger partial charge in [-0.05, 0) is 24.9 Å². The smallest absolute Gasteiger partial charge is 0.407 e. The van der Waals surface area contributed by atoms with E-state index in [1.54, 1.807) is 0 Å². The summed E-state index contributed by atoms with van der Waals surface area (Å²) in [6.07, 6.45) is 3.99. The summed E-state index contributed by atoms with van der Waals surface area (Å²) in [5, 5.41) is 2.78. The molecule has 21 heavy (non-hydrogen) atoms. The number of benzene rings is 1. The highest BCUT2D eigenvalue weighted by molar-refractivity contribution is 5.85. The highest BCUT2D eigenvalue weighted by Crippen LogP contribution is 2.29. The molecule has 2 fully saturated rings. The second kappa shape index (κ2) is 7.14. The van der Waals surface area contributed by atoms with Gasteiger partial charge in [-0.2, -0.15) is 0 Å². The van der Waals surface area contributed by atoms with Crippen LogP contribution in [0.2, 0.25) is 0 Å². The van der Waals surface area contributed by atoms with Crippen molar-refractivity contribution >= 4 is 18.5 Å². The molecule has 0 aromatic heterocycles. The Kier molecular flexibility index (Phi) is 5.48. The van der Waals surface area contributed by atoms with Crippen LogP contribution in [-0.4, -0.2) is 42.8 Å². The Morgan fingerprint density at radius 2 is 1.90 bits per heavy atom. The van der Waals surface area contributed by atoms with Gasteiger partial charge >= 0.3 is 6.09 Å². The number of hydrogen-bond donors (Lipinski definition) is 1. The van der Waals surface area contributed by atoms with Crippen LogP contribution in [0.5, 0.6) is 0 Å². The van der Waals surface area contributed by atoms with Crippen molar-refractivity contribution in [3.63, 3.8) is 0 Å². The van der Waals surface area contributed by atoms with Gasteiger partial charge in [0.05, 0.1) is 6.54 Å². The summed E-state index contributed by atoms with van der Waals surface area (Å²) in [5.41, 5.74) is 1.20. The molecule has 0 bridgehead atoms. The quantitative estimate of drug-likeness (QED) is 0.929. The van der Waals surface area contributed by atoms with E-state index in [4.69, 9.17) is 4.74 Å². The maximum absolute atomic E-state index is 11.2. The van der Waals surface area contributed by atoms with E-state index in [1.807, 2.05) is 0 Å². The molecule has 0 aliphatic carbocycles. The number of likely N-dealkylation sites (tertiary alicyclic amines) is 1. The van der Waals surface area contributed by atoms with E-state index in [-0.39, 0.29) is 24.1 Å². The van der Waals surface area contributed by atoms with Crippen LogP contribution in [0.4, 0.5) is 4.79 Å².